The lowest BCUT2D eigenvalue weighted by Gasteiger charge is -2.34. The Morgan fingerprint density at radius 2 is 1.32 bits per heavy atom. The highest BCUT2D eigenvalue weighted by Crippen LogP contribution is 2.19. The van der Waals surface area contributed by atoms with Gasteiger partial charge in [0.2, 0.25) is 0 Å². The van der Waals surface area contributed by atoms with Gasteiger partial charge in [0.05, 0.1) is 0 Å². The summed E-state index contributed by atoms with van der Waals surface area (Å²) in [6.45, 7) is 3.94. The summed E-state index contributed by atoms with van der Waals surface area (Å²) in [7, 11) is 0. The molecule has 1 amide bonds. The zero-order chi connectivity index (χ0) is 31.1. The van der Waals surface area contributed by atoms with Crippen molar-refractivity contribution in [1.29, 1.82) is 0 Å². The van der Waals surface area contributed by atoms with Gasteiger partial charge in [0.15, 0.2) is 0 Å². The van der Waals surface area contributed by atoms with E-state index in [1.54, 1.807) is 12.1 Å². The highest BCUT2D eigenvalue weighted by atomic mass is 16.6. The van der Waals surface area contributed by atoms with Crippen LogP contribution >= 0.6 is 0 Å². The molecule has 2 unspecified atom stereocenters. The minimum absolute atomic E-state index is 0.140. The number of para-hydroxylation sites is 1. The molecule has 44 heavy (non-hydrogen) atoms. The van der Waals surface area contributed by atoms with Crippen LogP contribution in [-0.2, 0) is 32.0 Å². The fraction of sp³-hybridized carbons (Fsp3) is 0.250. The minimum Gasteiger partial charge on any atom is -0.490 e. The third-order valence-electron chi connectivity index (χ3n) is 6.89. The molecule has 0 spiro atoms. The number of esters is 2. The van der Waals surface area contributed by atoms with Crippen LogP contribution < -0.4 is 10.1 Å². The van der Waals surface area contributed by atoms with Crippen LogP contribution in [0.5, 0.6) is 5.75 Å². The summed E-state index contributed by atoms with van der Waals surface area (Å²) in [4.78, 5) is 38.7. The van der Waals surface area contributed by atoms with Gasteiger partial charge in [-0.25, -0.2) is 0 Å². The van der Waals surface area contributed by atoms with Crippen LogP contribution in [0.1, 0.15) is 35.3 Å². The molecule has 0 aromatic heterocycles. The Labute approximate surface area is 258 Å². The van der Waals surface area contributed by atoms with E-state index in [9.17, 15) is 14.4 Å². The van der Waals surface area contributed by atoms with E-state index in [4.69, 9.17) is 14.2 Å². The summed E-state index contributed by atoms with van der Waals surface area (Å²) >= 11 is 0. The van der Waals surface area contributed by atoms with Gasteiger partial charge in [0, 0.05) is 44.2 Å². The maximum absolute atomic E-state index is 12.6. The van der Waals surface area contributed by atoms with Gasteiger partial charge in [0.1, 0.15) is 25.1 Å². The standard InChI is InChI=1S/C36H38N2O6/c1-27(39)42-25-33(22-29-18-20-32(21-19-29)37-36(41)31-14-8-4-9-15-31)38(23-30-12-6-3-7-13-30)24-35(44-28(2)40)26-43-34-16-10-5-11-17-34/h3-21,33,35H,22-26H2,1-2H3,(H,37,41). The van der Waals surface area contributed by atoms with Gasteiger partial charge in [-0.15, -0.1) is 0 Å². The van der Waals surface area contributed by atoms with Crippen molar-refractivity contribution >= 4 is 23.5 Å². The molecule has 2 atom stereocenters. The summed E-state index contributed by atoms with van der Waals surface area (Å²) in [5.74, 6) is -0.293. The van der Waals surface area contributed by atoms with Crippen LogP contribution in [-0.4, -0.2) is 54.7 Å². The lowest BCUT2D eigenvalue weighted by molar-refractivity contribution is -0.149. The van der Waals surface area contributed by atoms with Gasteiger partial charge < -0.3 is 19.5 Å². The first-order valence-electron chi connectivity index (χ1n) is 14.6. The van der Waals surface area contributed by atoms with E-state index in [0.717, 1.165) is 11.1 Å². The average Bonchev–Trinajstić information content (AvgIpc) is 3.03. The number of benzene rings is 4. The lowest BCUT2D eigenvalue weighted by Crippen LogP contribution is -2.46. The summed E-state index contributed by atoms with van der Waals surface area (Å²) in [6, 6.07) is 35.7. The van der Waals surface area contributed by atoms with Gasteiger partial charge in [-0.05, 0) is 53.9 Å². The van der Waals surface area contributed by atoms with E-state index in [2.05, 4.69) is 10.2 Å². The number of hydrogen-bond donors (Lipinski definition) is 1. The fourth-order valence-electron chi connectivity index (χ4n) is 4.78. The molecule has 0 aliphatic carbocycles. The summed E-state index contributed by atoms with van der Waals surface area (Å²) in [5, 5.41) is 2.93. The second-order valence-electron chi connectivity index (χ2n) is 10.4. The van der Waals surface area contributed by atoms with E-state index in [1.165, 1.54) is 13.8 Å². The van der Waals surface area contributed by atoms with Crippen molar-refractivity contribution in [3.8, 4) is 5.75 Å². The van der Waals surface area contributed by atoms with Gasteiger partial charge >= 0.3 is 11.9 Å². The van der Waals surface area contributed by atoms with E-state index < -0.39 is 12.1 Å². The topological polar surface area (TPSA) is 94.2 Å². The lowest BCUT2D eigenvalue weighted by atomic mass is 10.0. The Morgan fingerprint density at radius 3 is 1.93 bits per heavy atom. The normalized spacial score (nSPS) is 12.2. The van der Waals surface area contributed by atoms with Crippen molar-refractivity contribution in [1.82, 2.24) is 4.90 Å². The molecule has 8 heteroatoms. The summed E-state index contributed by atoms with van der Waals surface area (Å²) in [6.07, 6.45) is -0.0360. The van der Waals surface area contributed by atoms with Crippen molar-refractivity contribution in [3.05, 3.63) is 132 Å². The van der Waals surface area contributed by atoms with Gasteiger partial charge in [-0.1, -0.05) is 78.9 Å². The number of hydrogen-bond acceptors (Lipinski definition) is 7. The Kier molecular flexibility index (Phi) is 12.1. The predicted octanol–water partition coefficient (Wildman–Crippen LogP) is 5.93. The number of rotatable bonds is 15. The maximum Gasteiger partial charge on any atom is 0.303 e. The monoisotopic (exact) mass is 594 g/mol. The first-order chi connectivity index (χ1) is 21.4. The molecule has 4 aromatic rings. The number of nitrogens with one attached hydrogen (secondary N) is 1. The van der Waals surface area contributed by atoms with Crippen molar-refractivity contribution in [2.24, 2.45) is 0 Å². The van der Waals surface area contributed by atoms with E-state index in [1.807, 2.05) is 103 Å². The zero-order valence-electron chi connectivity index (χ0n) is 25.1. The summed E-state index contributed by atoms with van der Waals surface area (Å²) in [5.41, 5.74) is 3.30. The molecule has 0 fully saturated rings. The molecule has 0 heterocycles. The Balaban J connectivity index is 1.54. The third-order valence-corrected chi connectivity index (χ3v) is 6.89. The second kappa shape index (κ2) is 16.6. The SMILES string of the molecule is CC(=O)OCC(Cc1ccc(NC(=O)c2ccccc2)cc1)N(Cc1ccccc1)CC(COc1ccccc1)OC(C)=O. The number of carbonyl (C=O) groups is 3. The van der Waals surface area contributed by atoms with Gasteiger partial charge in [0.25, 0.3) is 5.91 Å². The van der Waals surface area contributed by atoms with Gasteiger partial charge in [-0.2, -0.15) is 0 Å². The van der Waals surface area contributed by atoms with Crippen LogP contribution in [0.4, 0.5) is 5.69 Å². The molecule has 0 saturated heterocycles. The summed E-state index contributed by atoms with van der Waals surface area (Å²) < 4.78 is 17.2. The number of nitrogens with zero attached hydrogens (tertiary/aromatic N) is 1. The molecule has 4 rings (SSSR count). The minimum atomic E-state index is -0.577. The number of amides is 1. The Hall–Kier alpha value is -4.95. The molecular weight excluding hydrogens is 556 g/mol. The van der Waals surface area contributed by atoms with Crippen LogP contribution in [0.25, 0.3) is 0 Å². The Bertz CT molecular complexity index is 1460. The molecule has 8 nitrogen and oxygen atoms in total. The second-order valence-corrected chi connectivity index (χ2v) is 10.4. The van der Waals surface area contributed by atoms with Crippen LogP contribution in [0.3, 0.4) is 0 Å². The fourth-order valence-corrected chi connectivity index (χ4v) is 4.78. The number of ether oxygens (including phenoxy) is 3. The average molecular weight is 595 g/mol. The van der Waals surface area contributed by atoms with Crippen molar-refractivity contribution in [3.63, 3.8) is 0 Å². The molecule has 1 N–H and O–H groups in total. The van der Waals surface area contributed by atoms with Crippen molar-refractivity contribution < 1.29 is 28.6 Å². The zero-order valence-corrected chi connectivity index (χ0v) is 25.1. The van der Waals surface area contributed by atoms with E-state index in [-0.39, 0.29) is 31.1 Å². The van der Waals surface area contributed by atoms with E-state index >= 15 is 0 Å². The molecule has 4 aromatic carbocycles. The van der Waals surface area contributed by atoms with Gasteiger partial charge in [-0.3, -0.25) is 19.3 Å². The maximum atomic E-state index is 12.6. The smallest absolute Gasteiger partial charge is 0.303 e. The van der Waals surface area contributed by atoms with Crippen molar-refractivity contribution in [2.45, 2.75) is 39.0 Å². The number of carbonyl (C=O) groups excluding carboxylic acids is 3. The molecule has 0 aliphatic rings. The van der Waals surface area contributed by atoms with Crippen LogP contribution in [0, 0.1) is 0 Å². The quantitative estimate of drug-likeness (QED) is 0.171. The highest BCUT2D eigenvalue weighted by molar-refractivity contribution is 6.04. The third kappa shape index (κ3) is 10.7. The molecule has 228 valence electrons. The van der Waals surface area contributed by atoms with E-state index in [0.29, 0.717) is 36.5 Å². The Morgan fingerprint density at radius 1 is 0.705 bits per heavy atom. The highest BCUT2D eigenvalue weighted by Gasteiger charge is 2.26. The first kappa shape index (κ1) is 32.0. The first-order valence-corrected chi connectivity index (χ1v) is 14.6. The van der Waals surface area contributed by atoms with Crippen molar-refractivity contribution in [2.75, 3.05) is 25.1 Å². The predicted molar refractivity (Wildman–Crippen MR) is 169 cm³/mol. The largest absolute Gasteiger partial charge is 0.490 e. The molecule has 0 aliphatic heterocycles. The molecular formula is C36H38N2O6. The molecule has 0 bridgehead atoms. The number of anilines is 1. The molecule has 0 saturated carbocycles. The molecule has 0 radical (unpaired) electrons. The van der Waals surface area contributed by atoms with Crippen LogP contribution in [0.2, 0.25) is 0 Å². The van der Waals surface area contributed by atoms with Crippen LogP contribution in [0.15, 0.2) is 115 Å².